The van der Waals surface area contributed by atoms with Crippen LogP contribution in [-0.4, -0.2) is 47.6 Å². The quantitative estimate of drug-likeness (QED) is 0.903. The number of hydrogen-bond acceptors (Lipinski definition) is 4. The van der Waals surface area contributed by atoms with Crippen LogP contribution in [0.1, 0.15) is 31.1 Å². The fourth-order valence-corrected chi connectivity index (χ4v) is 2.40. The van der Waals surface area contributed by atoms with Gasteiger partial charge < -0.3 is 15.0 Å². The predicted octanol–water partition coefficient (Wildman–Crippen LogP) is 1.76. The monoisotopic (exact) mass is 263 g/mol. The molecular formula is C14H21N3O2. The molecule has 1 aliphatic rings. The van der Waals surface area contributed by atoms with Crippen molar-refractivity contribution in [3.8, 4) is 0 Å². The molecule has 104 valence electrons. The summed E-state index contributed by atoms with van der Waals surface area (Å²) in [6.45, 7) is 7.97. The van der Waals surface area contributed by atoms with Crippen molar-refractivity contribution in [2.45, 2.75) is 33.0 Å². The van der Waals surface area contributed by atoms with Crippen molar-refractivity contribution in [2.24, 2.45) is 0 Å². The number of morpholine rings is 1. The molecule has 0 saturated carbocycles. The second-order valence-electron chi connectivity index (χ2n) is 4.90. The van der Waals surface area contributed by atoms with Crippen molar-refractivity contribution in [1.29, 1.82) is 0 Å². The van der Waals surface area contributed by atoms with E-state index >= 15 is 0 Å². The summed E-state index contributed by atoms with van der Waals surface area (Å²) in [5.74, 6) is 0.674. The smallest absolute Gasteiger partial charge is 0.257 e. The molecule has 2 rings (SSSR count). The van der Waals surface area contributed by atoms with E-state index in [1.54, 1.807) is 12.3 Å². The van der Waals surface area contributed by atoms with Crippen LogP contribution in [0.4, 0.5) is 5.82 Å². The van der Waals surface area contributed by atoms with Crippen LogP contribution in [-0.2, 0) is 4.74 Å². The molecule has 2 heterocycles. The van der Waals surface area contributed by atoms with Gasteiger partial charge in [-0.15, -0.1) is 0 Å². The Kier molecular flexibility index (Phi) is 4.37. The second-order valence-corrected chi connectivity index (χ2v) is 4.90. The fraction of sp³-hybridized carbons (Fsp3) is 0.571. The lowest BCUT2D eigenvalue weighted by Crippen LogP contribution is -2.48. The molecule has 0 radical (unpaired) electrons. The number of nitrogens with one attached hydrogen (secondary N) is 1. The molecule has 0 aromatic carbocycles. The van der Waals surface area contributed by atoms with Crippen molar-refractivity contribution in [1.82, 2.24) is 9.88 Å². The molecule has 1 N–H and O–H groups in total. The zero-order chi connectivity index (χ0) is 13.8. The number of anilines is 1. The zero-order valence-electron chi connectivity index (χ0n) is 11.7. The minimum atomic E-state index is 0.0195. The molecule has 1 fully saturated rings. The number of pyridine rings is 1. The van der Waals surface area contributed by atoms with Gasteiger partial charge in [-0.3, -0.25) is 4.79 Å². The maximum absolute atomic E-state index is 12.6. The first kappa shape index (κ1) is 13.8. The Labute approximate surface area is 114 Å². The Bertz CT molecular complexity index is 440. The lowest BCUT2D eigenvalue weighted by molar-refractivity contribution is -0.0586. The normalized spacial score (nSPS) is 23.2. The highest BCUT2D eigenvalue weighted by Gasteiger charge is 2.27. The minimum Gasteiger partial charge on any atom is -0.372 e. The van der Waals surface area contributed by atoms with Crippen LogP contribution in [0.25, 0.3) is 0 Å². The van der Waals surface area contributed by atoms with Crippen molar-refractivity contribution >= 4 is 11.7 Å². The first-order chi connectivity index (χ1) is 9.11. The average Bonchev–Trinajstić information content (AvgIpc) is 2.38. The van der Waals surface area contributed by atoms with Gasteiger partial charge >= 0.3 is 0 Å². The largest absolute Gasteiger partial charge is 0.372 e. The van der Waals surface area contributed by atoms with E-state index in [0.717, 1.165) is 6.54 Å². The third-order valence-electron chi connectivity index (χ3n) is 3.09. The summed E-state index contributed by atoms with van der Waals surface area (Å²) in [6, 6.07) is 3.61. The van der Waals surface area contributed by atoms with Crippen LogP contribution in [0.2, 0.25) is 0 Å². The Balaban J connectivity index is 2.19. The van der Waals surface area contributed by atoms with Gasteiger partial charge in [0.25, 0.3) is 5.91 Å². The van der Waals surface area contributed by atoms with Gasteiger partial charge in [0.2, 0.25) is 0 Å². The molecule has 2 atom stereocenters. The lowest BCUT2D eigenvalue weighted by Gasteiger charge is -2.35. The van der Waals surface area contributed by atoms with Gasteiger partial charge in [0.05, 0.1) is 17.8 Å². The number of carbonyl (C=O) groups excluding carboxylic acids is 1. The van der Waals surface area contributed by atoms with E-state index in [0.29, 0.717) is 24.5 Å². The van der Waals surface area contributed by atoms with E-state index in [1.807, 2.05) is 31.7 Å². The van der Waals surface area contributed by atoms with Crippen LogP contribution >= 0.6 is 0 Å². The molecule has 1 aromatic heterocycles. The number of rotatable bonds is 3. The Morgan fingerprint density at radius 1 is 1.47 bits per heavy atom. The predicted molar refractivity (Wildman–Crippen MR) is 74.3 cm³/mol. The van der Waals surface area contributed by atoms with Crippen molar-refractivity contribution in [2.75, 3.05) is 25.0 Å². The summed E-state index contributed by atoms with van der Waals surface area (Å²) >= 11 is 0. The van der Waals surface area contributed by atoms with Crippen LogP contribution < -0.4 is 5.32 Å². The highest BCUT2D eigenvalue weighted by atomic mass is 16.5. The molecule has 1 amide bonds. The van der Waals surface area contributed by atoms with E-state index in [1.165, 1.54) is 0 Å². The summed E-state index contributed by atoms with van der Waals surface area (Å²) in [6.07, 6.45) is 1.85. The average molecular weight is 263 g/mol. The van der Waals surface area contributed by atoms with E-state index in [-0.39, 0.29) is 18.1 Å². The van der Waals surface area contributed by atoms with E-state index in [9.17, 15) is 4.79 Å². The van der Waals surface area contributed by atoms with Crippen molar-refractivity contribution < 1.29 is 9.53 Å². The van der Waals surface area contributed by atoms with Gasteiger partial charge in [-0.05, 0) is 32.9 Å². The van der Waals surface area contributed by atoms with Crippen LogP contribution in [0.3, 0.4) is 0 Å². The molecule has 0 aliphatic carbocycles. The fourth-order valence-electron chi connectivity index (χ4n) is 2.40. The Morgan fingerprint density at radius 2 is 2.16 bits per heavy atom. The molecule has 5 heteroatoms. The maximum atomic E-state index is 12.6. The Morgan fingerprint density at radius 3 is 2.79 bits per heavy atom. The molecule has 0 bridgehead atoms. The summed E-state index contributed by atoms with van der Waals surface area (Å²) in [5, 5.41) is 3.13. The Hall–Kier alpha value is -1.62. The third kappa shape index (κ3) is 3.23. The number of ether oxygens (including phenoxy) is 1. The molecule has 1 aliphatic heterocycles. The molecule has 0 spiro atoms. The van der Waals surface area contributed by atoms with Crippen LogP contribution in [0.15, 0.2) is 18.3 Å². The number of aromatic nitrogens is 1. The number of amides is 1. The number of carbonyl (C=O) groups is 1. The van der Waals surface area contributed by atoms with Gasteiger partial charge in [-0.25, -0.2) is 4.98 Å². The molecule has 0 unspecified atom stereocenters. The number of nitrogens with zero attached hydrogens (tertiary/aromatic N) is 2. The molecular weight excluding hydrogens is 242 g/mol. The third-order valence-corrected chi connectivity index (χ3v) is 3.09. The highest BCUT2D eigenvalue weighted by Crippen LogP contribution is 2.18. The van der Waals surface area contributed by atoms with Gasteiger partial charge in [-0.1, -0.05) is 0 Å². The first-order valence-corrected chi connectivity index (χ1v) is 6.75. The SMILES string of the molecule is CCNc1ncccc1C(=O)N1C[C@@H](C)O[C@@H](C)C1. The molecule has 5 nitrogen and oxygen atoms in total. The molecule has 1 aromatic rings. The van der Waals surface area contributed by atoms with Crippen LogP contribution in [0, 0.1) is 0 Å². The van der Waals surface area contributed by atoms with Crippen molar-refractivity contribution in [3.63, 3.8) is 0 Å². The summed E-state index contributed by atoms with van der Waals surface area (Å²) in [7, 11) is 0. The second kappa shape index (κ2) is 6.02. The van der Waals surface area contributed by atoms with Gasteiger partial charge in [-0.2, -0.15) is 0 Å². The maximum Gasteiger partial charge on any atom is 0.257 e. The number of hydrogen-bond donors (Lipinski definition) is 1. The van der Waals surface area contributed by atoms with E-state index in [4.69, 9.17) is 4.74 Å². The van der Waals surface area contributed by atoms with E-state index in [2.05, 4.69) is 10.3 Å². The van der Waals surface area contributed by atoms with Gasteiger partial charge in [0.15, 0.2) is 0 Å². The van der Waals surface area contributed by atoms with Gasteiger partial charge in [0.1, 0.15) is 5.82 Å². The molecule has 19 heavy (non-hydrogen) atoms. The molecule has 1 saturated heterocycles. The van der Waals surface area contributed by atoms with E-state index < -0.39 is 0 Å². The van der Waals surface area contributed by atoms with Gasteiger partial charge in [0, 0.05) is 25.8 Å². The van der Waals surface area contributed by atoms with Crippen molar-refractivity contribution in [3.05, 3.63) is 23.9 Å². The summed E-state index contributed by atoms with van der Waals surface area (Å²) in [5.41, 5.74) is 0.630. The summed E-state index contributed by atoms with van der Waals surface area (Å²) < 4.78 is 5.66. The first-order valence-electron chi connectivity index (χ1n) is 6.75. The lowest BCUT2D eigenvalue weighted by atomic mass is 10.1. The standard InChI is InChI=1S/C14H21N3O2/c1-4-15-13-12(6-5-7-16-13)14(18)17-8-10(2)19-11(3)9-17/h5-7,10-11H,4,8-9H2,1-3H3,(H,15,16)/t10-,11+. The topological polar surface area (TPSA) is 54.5 Å². The highest BCUT2D eigenvalue weighted by molar-refractivity contribution is 5.98. The minimum absolute atomic E-state index is 0.0195. The van der Waals surface area contributed by atoms with Crippen LogP contribution in [0.5, 0.6) is 0 Å². The zero-order valence-corrected chi connectivity index (χ0v) is 11.7. The summed E-state index contributed by atoms with van der Waals surface area (Å²) in [4.78, 5) is 18.7.